The van der Waals surface area contributed by atoms with Crippen LogP contribution >= 0.6 is 11.3 Å². The molecule has 0 saturated carbocycles. The molecule has 2 N–H and O–H groups in total. The Kier molecular flexibility index (Phi) is 5.92. The van der Waals surface area contributed by atoms with Crippen molar-refractivity contribution in [3.05, 3.63) is 51.0 Å². The van der Waals surface area contributed by atoms with E-state index in [4.69, 9.17) is 4.74 Å². The molecule has 1 fully saturated rings. The molecule has 3 unspecified atom stereocenters. The van der Waals surface area contributed by atoms with Crippen LogP contribution in [0.5, 0.6) is 0 Å². The van der Waals surface area contributed by atoms with Crippen LogP contribution in [-0.2, 0) is 9.53 Å². The van der Waals surface area contributed by atoms with E-state index in [0.29, 0.717) is 17.3 Å². The van der Waals surface area contributed by atoms with Gasteiger partial charge in [-0.05, 0) is 39.2 Å². The molecule has 0 spiro atoms. The molecule has 27 heavy (non-hydrogen) atoms. The van der Waals surface area contributed by atoms with Crippen molar-refractivity contribution in [2.45, 2.75) is 45.8 Å². The number of nitrogens with one attached hydrogen (secondary N) is 1. The van der Waals surface area contributed by atoms with Gasteiger partial charge in [0.1, 0.15) is 9.88 Å². The number of carboxylic acid groups (broad SMARTS) is 1. The molecule has 1 amide bonds. The van der Waals surface area contributed by atoms with Gasteiger partial charge in [0, 0.05) is 6.61 Å². The summed E-state index contributed by atoms with van der Waals surface area (Å²) in [5, 5.41) is 12.8. The van der Waals surface area contributed by atoms with E-state index in [9.17, 15) is 14.7 Å². The lowest BCUT2D eigenvalue weighted by Gasteiger charge is -2.32. The number of amides is 1. The fourth-order valence-electron chi connectivity index (χ4n) is 3.32. The molecule has 3 rings (SSSR count). The third-order valence-corrected chi connectivity index (χ3v) is 6.13. The summed E-state index contributed by atoms with van der Waals surface area (Å²) in [4.78, 5) is 28.7. The van der Waals surface area contributed by atoms with Gasteiger partial charge in [0.15, 0.2) is 0 Å². The van der Waals surface area contributed by atoms with Gasteiger partial charge in [-0.1, -0.05) is 29.8 Å². The average molecular weight is 388 g/mol. The molecule has 1 aromatic carbocycles. The second-order valence-corrected chi connectivity index (χ2v) is 7.98. The first-order chi connectivity index (χ1) is 12.9. The molecule has 7 heteroatoms. The monoisotopic (exact) mass is 388 g/mol. The van der Waals surface area contributed by atoms with Crippen molar-refractivity contribution in [3.8, 4) is 0 Å². The van der Waals surface area contributed by atoms with E-state index in [0.717, 1.165) is 35.3 Å². The van der Waals surface area contributed by atoms with Crippen LogP contribution in [0.15, 0.2) is 24.3 Å². The van der Waals surface area contributed by atoms with E-state index >= 15 is 0 Å². The van der Waals surface area contributed by atoms with E-state index in [1.54, 1.807) is 6.92 Å². The first-order valence-electron chi connectivity index (χ1n) is 9.06. The first-order valence-corrected chi connectivity index (χ1v) is 9.87. The van der Waals surface area contributed by atoms with Crippen molar-refractivity contribution in [1.82, 2.24) is 10.3 Å². The molecule has 6 nitrogen and oxygen atoms in total. The number of benzene rings is 1. The summed E-state index contributed by atoms with van der Waals surface area (Å²) in [6.07, 6.45) is 1.34. The molecule has 2 heterocycles. The van der Waals surface area contributed by atoms with Gasteiger partial charge in [-0.3, -0.25) is 4.79 Å². The van der Waals surface area contributed by atoms with Crippen LogP contribution in [0.25, 0.3) is 0 Å². The number of carboxylic acids is 1. The number of aromatic nitrogens is 1. The van der Waals surface area contributed by atoms with Gasteiger partial charge in [0.25, 0.3) is 0 Å². The van der Waals surface area contributed by atoms with Crippen molar-refractivity contribution in [3.63, 3.8) is 0 Å². The molecule has 2 aromatic rings. The van der Waals surface area contributed by atoms with Crippen molar-refractivity contribution < 1.29 is 19.4 Å². The summed E-state index contributed by atoms with van der Waals surface area (Å²) < 4.78 is 5.93. The number of aromatic carboxylic acids is 1. The number of carbonyl (C=O) groups is 2. The maximum Gasteiger partial charge on any atom is 0.347 e. The molecule has 1 aromatic heterocycles. The third-order valence-electron chi connectivity index (χ3n) is 4.80. The van der Waals surface area contributed by atoms with Gasteiger partial charge in [-0.2, -0.15) is 0 Å². The molecule has 0 bridgehead atoms. The molecule has 3 atom stereocenters. The predicted octanol–water partition coefficient (Wildman–Crippen LogP) is 3.80. The normalized spacial score (nSPS) is 20.9. The SMILES string of the molecule is Cc1ccc(C2OCCCC2C(=O)NC(C)c2nc(C)c(C(=O)O)s2)cc1. The molecule has 1 aliphatic rings. The summed E-state index contributed by atoms with van der Waals surface area (Å²) in [6, 6.07) is 7.72. The number of hydrogen-bond acceptors (Lipinski definition) is 5. The highest BCUT2D eigenvalue weighted by molar-refractivity contribution is 7.13. The van der Waals surface area contributed by atoms with E-state index < -0.39 is 5.97 Å². The third kappa shape index (κ3) is 4.36. The molecule has 0 aliphatic carbocycles. The number of thiazole rings is 1. The minimum absolute atomic E-state index is 0.0856. The number of nitrogens with zero attached hydrogens (tertiary/aromatic N) is 1. The van der Waals surface area contributed by atoms with Gasteiger partial charge >= 0.3 is 5.97 Å². The van der Waals surface area contributed by atoms with Crippen LogP contribution in [0.1, 0.15) is 63.4 Å². The Balaban J connectivity index is 1.74. The van der Waals surface area contributed by atoms with Crippen LogP contribution in [0.3, 0.4) is 0 Å². The van der Waals surface area contributed by atoms with Crippen LogP contribution in [0, 0.1) is 19.8 Å². The zero-order chi connectivity index (χ0) is 19.6. The summed E-state index contributed by atoms with van der Waals surface area (Å²) >= 11 is 1.11. The van der Waals surface area contributed by atoms with E-state index in [1.807, 2.05) is 38.1 Å². The largest absolute Gasteiger partial charge is 0.477 e. The second kappa shape index (κ2) is 8.19. The van der Waals surface area contributed by atoms with Gasteiger partial charge in [-0.15, -0.1) is 11.3 Å². The first kappa shape index (κ1) is 19.5. The van der Waals surface area contributed by atoms with Gasteiger partial charge < -0.3 is 15.2 Å². The maximum atomic E-state index is 12.9. The number of aryl methyl sites for hydroxylation is 2. The number of ether oxygens (including phenoxy) is 1. The Hall–Kier alpha value is -2.25. The van der Waals surface area contributed by atoms with Crippen LogP contribution in [-0.4, -0.2) is 28.6 Å². The van der Waals surface area contributed by atoms with E-state index in [-0.39, 0.29) is 28.8 Å². The van der Waals surface area contributed by atoms with Crippen molar-refractivity contribution >= 4 is 23.2 Å². The quantitative estimate of drug-likeness (QED) is 0.813. The number of rotatable bonds is 5. The Morgan fingerprint density at radius 1 is 1.30 bits per heavy atom. The maximum absolute atomic E-state index is 12.9. The van der Waals surface area contributed by atoms with Gasteiger partial charge in [-0.25, -0.2) is 9.78 Å². The summed E-state index contributed by atoms with van der Waals surface area (Å²) in [5.41, 5.74) is 2.64. The number of carbonyl (C=O) groups excluding carboxylic acids is 1. The Bertz CT molecular complexity index is 831. The lowest BCUT2D eigenvalue weighted by molar-refractivity contribution is -0.135. The fourth-order valence-corrected chi connectivity index (χ4v) is 4.23. The van der Waals surface area contributed by atoms with E-state index in [2.05, 4.69) is 10.3 Å². The van der Waals surface area contributed by atoms with Crippen LogP contribution < -0.4 is 5.32 Å². The predicted molar refractivity (Wildman–Crippen MR) is 103 cm³/mol. The minimum Gasteiger partial charge on any atom is -0.477 e. The highest BCUT2D eigenvalue weighted by atomic mass is 32.1. The van der Waals surface area contributed by atoms with Gasteiger partial charge in [0.05, 0.1) is 23.8 Å². The van der Waals surface area contributed by atoms with Crippen molar-refractivity contribution in [1.29, 1.82) is 0 Å². The van der Waals surface area contributed by atoms with Crippen molar-refractivity contribution in [2.24, 2.45) is 5.92 Å². The fraction of sp³-hybridized carbons (Fsp3) is 0.450. The van der Waals surface area contributed by atoms with E-state index in [1.165, 1.54) is 0 Å². The lowest BCUT2D eigenvalue weighted by atomic mass is 9.88. The van der Waals surface area contributed by atoms with Crippen LogP contribution in [0.2, 0.25) is 0 Å². The summed E-state index contributed by atoms with van der Waals surface area (Å²) in [7, 11) is 0. The standard InChI is InChI=1S/C20H24N2O4S/c1-11-6-8-14(9-7-11)16-15(5-4-10-26-16)18(23)21-13(3)19-22-12(2)17(27-19)20(24)25/h6-9,13,15-16H,4-5,10H2,1-3H3,(H,21,23)(H,24,25). The second-order valence-electron chi connectivity index (χ2n) is 6.95. The Morgan fingerprint density at radius 3 is 2.63 bits per heavy atom. The molecule has 1 saturated heterocycles. The summed E-state index contributed by atoms with van der Waals surface area (Å²) in [5.74, 6) is -1.35. The topological polar surface area (TPSA) is 88.5 Å². The zero-order valence-electron chi connectivity index (χ0n) is 15.7. The molecule has 0 radical (unpaired) electrons. The minimum atomic E-state index is -0.991. The highest BCUT2D eigenvalue weighted by Crippen LogP contribution is 2.34. The van der Waals surface area contributed by atoms with Crippen LogP contribution in [0.4, 0.5) is 0 Å². The average Bonchev–Trinajstić information content (AvgIpc) is 3.04. The van der Waals surface area contributed by atoms with Crippen molar-refractivity contribution in [2.75, 3.05) is 6.61 Å². The smallest absolute Gasteiger partial charge is 0.347 e. The zero-order valence-corrected chi connectivity index (χ0v) is 16.5. The molecular weight excluding hydrogens is 364 g/mol. The molecular formula is C20H24N2O4S. The molecule has 144 valence electrons. The summed E-state index contributed by atoms with van der Waals surface area (Å²) in [6.45, 7) is 6.16. The lowest BCUT2D eigenvalue weighted by Crippen LogP contribution is -2.38. The Labute approximate surface area is 162 Å². The number of hydrogen-bond donors (Lipinski definition) is 2. The Morgan fingerprint density at radius 2 is 2.00 bits per heavy atom. The molecule has 1 aliphatic heterocycles. The van der Waals surface area contributed by atoms with Gasteiger partial charge in [0.2, 0.25) is 5.91 Å². The highest BCUT2D eigenvalue weighted by Gasteiger charge is 2.34.